The van der Waals surface area contributed by atoms with E-state index in [2.05, 4.69) is 10.1 Å². The van der Waals surface area contributed by atoms with Crippen molar-refractivity contribution in [1.82, 2.24) is 9.66 Å². The Morgan fingerprint density at radius 3 is 2.89 bits per heavy atom. The normalized spacial score (nSPS) is 11.2. The van der Waals surface area contributed by atoms with Gasteiger partial charge in [-0.05, 0) is 36.2 Å². The first kappa shape index (κ1) is 18.6. The highest BCUT2D eigenvalue weighted by atomic mass is 32.1. The predicted octanol–water partition coefficient (Wildman–Crippen LogP) is 1.78. The van der Waals surface area contributed by atoms with Gasteiger partial charge in [-0.3, -0.25) is 9.59 Å². The van der Waals surface area contributed by atoms with Gasteiger partial charge in [-0.15, -0.1) is 11.3 Å². The van der Waals surface area contributed by atoms with Crippen molar-refractivity contribution >= 4 is 33.7 Å². The second kappa shape index (κ2) is 8.00. The Bertz CT molecular complexity index is 1070. The van der Waals surface area contributed by atoms with Crippen LogP contribution in [0, 0.1) is 0 Å². The maximum atomic E-state index is 12.5. The molecule has 9 heteroatoms. The van der Waals surface area contributed by atoms with E-state index in [1.807, 2.05) is 13.0 Å². The number of aryl methyl sites for hydroxylation is 1. The molecule has 3 rings (SSSR count). The van der Waals surface area contributed by atoms with Crippen molar-refractivity contribution < 1.29 is 14.3 Å². The number of nitrogens with zero attached hydrogens (tertiary/aromatic N) is 3. The molecular weight excluding hydrogens is 368 g/mol. The molecule has 1 aromatic carbocycles. The van der Waals surface area contributed by atoms with Crippen LogP contribution < -0.4 is 20.8 Å². The molecule has 0 aliphatic rings. The minimum atomic E-state index is -0.579. The van der Waals surface area contributed by atoms with Crippen molar-refractivity contribution in [2.75, 3.05) is 13.7 Å². The van der Waals surface area contributed by atoms with E-state index in [1.165, 1.54) is 35.7 Å². The van der Waals surface area contributed by atoms with E-state index < -0.39 is 5.91 Å². The predicted molar refractivity (Wildman–Crippen MR) is 104 cm³/mol. The van der Waals surface area contributed by atoms with Gasteiger partial charge in [0.1, 0.15) is 11.2 Å². The second-order valence-corrected chi connectivity index (χ2v) is 6.70. The smallest absolute Gasteiger partial charge is 0.282 e. The average Bonchev–Trinajstić information content (AvgIpc) is 3.10. The lowest BCUT2D eigenvalue weighted by Gasteiger charge is -2.09. The molecule has 2 aromatic heterocycles. The number of primary amides is 1. The van der Waals surface area contributed by atoms with Gasteiger partial charge in [-0.2, -0.15) is 9.78 Å². The molecule has 0 fully saturated rings. The number of rotatable bonds is 7. The van der Waals surface area contributed by atoms with Crippen LogP contribution in [0.4, 0.5) is 0 Å². The molecule has 0 bridgehead atoms. The zero-order valence-electron chi connectivity index (χ0n) is 14.8. The van der Waals surface area contributed by atoms with Crippen LogP contribution in [0.5, 0.6) is 11.5 Å². The zero-order chi connectivity index (χ0) is 19.4. The summed E-state index contributed by atoms with van der Waals surface area (Å²) in [4.78, 5) is 29.5. The summed E-state index contributed by atoms with van der Waals surface area (Å²) in [5, 5.41) is 4.75. The number of ether oxygens (including phenoxy) is 2. The second-order valence-electron chi connectivity index (χ2n) is 5.59. The van der Waals surface area contributed by atoms with Crippen LogP contribution in [0.1, 0.15) is 17.4 Å². The fraction of sp³-hybridized carbons (Fsp3) is 0.222. The van der Waals surface area contributed by atoms with E-state index in [4.69, 9.17) is 15.2 Å². The van der Waals surface area contributed by atoms with Crippen molar-refractivity contribution in [1.29, 1.82) is 0 Å². The minimum absolute atomic E-state index is 0.222. The number of thiophene rings is 1. The minimum Gasteiger partial charge on any atom is -0.493 e. The van der Waals surface area contributed by atoms with Gasteiger partial charge in [0.05, 0.1) is 18.7 Å². The third-order valence-electron chi connectivity index (χ3n) is 3.72. The summed E-state index contributed by atoms with van der Waals surface area (Å²) in [5.41, 5.74) is 5.54. The summed E-state index contributed by atoms with van der Waals surface area (Å²) in [7, 11) is 1.48. The molecular formula is C18H18N4O4S. The summed E-state index contributed by atoms with van der Waals surface area (Å²) >= 11 is 1.51. The van der Waals surface area contributed by atoms with Gasteiger partial charge < -0.3 is 15.2 Å². The third-order valence-corrected chi connectivity index (χ3v) is 4.91. The molecule has 1 amide bonds. The SMILES string of the molecule is CCc1cc2c(=O)n(/N=C\c3ccc(OCC(N)=O)c(OC)c3)cnc2s1. The van der Waals surface area contributed by atoms with E-state index in [-0.39, 0.29) is 12.2 Å². The summed E-state index contributed by atoms with van der Waals surface area (Å²) in [6, 6.07) is 6.89. The first-order chi connectivity index (χ1) is 13.0. The number of amides is 1. The van der Waals surface area contributed by atoms with Crippen molar-refractivity contribution in [3.8, 4) is 11.5 Å². The number of benzene rings is 1. The van der Waals surface area contributed by atoms with Gasteiger partial charge >= 0.3 is 0 Å². The number of carbonyl (C=O) groups is 1. The zero-order valence-corrected chi connectivity index (χ0v) is 15.7. The Labute approximate surface area is 158 Å². The molecule has 0 aliphatic carbocycles. The number of aromatic nitrogens is 2. The summed E-state index contributed by atoms with van der Waals surface area (Å²) in [5.74, 6) is 0.232. The quantitative estimate of drug-likeness (QED) is 0.623. The Balaban J connectivity index is 1.87. The van der Waals surface area contributed by atoms with Crippen LogP contribution in [-0.2, 0) is 11.2 Å². The highest BCUT2D eigenvalue weighted by Gasteiger charge is 2.09. The lowest BCUT2D eigenvalue weighted by molar-refractivity contribution is -0.119. The third kappa shape index (κ3) is 4.14. The standard InChI is InChI=1S/C18H18N4O4S/c1-3-12-7-13-17(27-12)20-10-22(18(13)24)21-8-11-4-5-14(15(6-11)25-2)26-9-16(19)23/h4-8,10H,3,9H2,1-2H3,(H2,19,23)/b21-8-. The lowest BCUT2D eigenvalue weighted by Crippen LogP contribution is -2.20. The van der Waals surface area contributed by atoms with Crippen molar-refractivity contribution in [3.05, 3.63) is 51.4 Å². The summed E-state index contributed by atoms with van der Waals surface area (Å²) in [6.45, 7) is 1.79. The fourth-order valence-electron chi connectivity index (χ4n) is 2.38. The van der Waals surface area contributed by atoms with Crippen molar-refractivity contribution in [3.63, 3.8) is 0 Å². The van der Waals surface area contributed by atoms with E-state index in [9.17, 15) is 9.59 Å². The topological polar surface area (TPSA) is 109 Å². The number of fused-ring (bicyclic) bond motifs is 1. The van der Waals surface area contributed by atoms with Crippen LogP contribution >= 0.6 is 11.3 Å². The Hall–Kier alpha value is -3.20. The van der Waals surface area contributed by atoms with Crippen molar-refractivity contribution in [2.45, 2.75) is 13.3 Å². The molecule has 0 radical (unpaired) electrons. The lowest BCUT2D eigenvalue weighted by atomic mass is 10.2. The monoisotopic (exact) mass is 386 g/mol. The average molecular weight is 386 g/mol. The van der Waals surface area contributed by atoms with Crippen LogP contribution in [0.25, 0.3) is 10.2 Å². The molecule has 8 nitrogen and oxygen atoms in total. The Morgan fingerprint density at radius 2 is 2.19 bits per heavy atom. The van der Waals surface area contributed by atoms with E-state index in [1.54, 1.807) is 18.2 Å². The number of nitrogens with two attached hydrogens (primary N) is 1. The maximum Gasteiger partial charge on any atom is 0.282 e. The van der Waals surface area contributed by atoms with Gasteiger partial charge in [0.15, 0.2) is 18.1 Å². The molecule has 140 valence electrons. The number of hydrogen-bond donors (Lipinski definition) is 1. The van der Waals surface area contributed by atoms with Gasteiger partial charge in [0.25, 0.3) is 11.5 Å². The van der Waals surface area contributed by atoms with Crippen LogP contribution in [0.15, 0.2) is 40.5 Å². The summed E-state index contributed by atoms with van der Waals surface area (Å²) in [6.07, 6.45) is 3.77. The molecule has 0 atom stereocenters. The Morgan fingerprint density at radius 1 is 1.37 bits per heavy atom. The molecule has 0 saturated carbocycles. The van der Waals surface area contributed by atoms with E-state index in [0.717, 1.165) is 11.3 Å². The first-order valence-corrected chi connectivity index (χ1v) is 8.97. The van der Waals surface area contributed by atoms with Gasteiger partial charge in [0.2, 0.25) is 0 Å². The van der Waals surface area contributed by atoms with Crippen LogP contribution in [0.3, 0.4) is 0 Å². The molecule has 2 heterocycles. The van der Waals surface area contributed by atoms with Crippen molar-refractivity contribution in [2.24, 2.45) is 10.8 Å². The number of carbonyl (C=O) groups excluding carboxylic acids is 1. The fourth-order valence-corrected chi connectivity index (χ4v) is 3.31. The molecule has 0 aliphatic heterocycles. The molecule has 27 heavy (non-hydrogen) atoms. The highest BCUT2D eigenvalue weighted by molar-refractivity contribution is 7.18. The molecule has 0 saturated heterocycles. The largest absolute Gasteiger partial charge is 0.493 e. The van der Waals surface area contributed by atoms with E-state index in [0.29, 0.717) is 27.3 Å². The summed E-state index contributed by atoms with van der Waals surface area (Å²) < 4.78 is 11.7. The van der Waals surface area contributed by atoms with Gasteiger partial charge in [-0.25, -0.2) is 4.98 Å². The van der Waals surface area contributed by atoms with E-state index >= 15 is 0 Å². The molecule has 0 spiro atoms. The van der Waals surface area contributed by atoms with Gasteiger partial charge in [-0.1, -0.05) is 6.92 Å². The highest BCUT2D eigenvalue weighted by Crippen LogP contribution is 2.27. The molecule has 3 aromatic rings. The molecule has 0 unspecified atom stereocenters. The van der Waals surface area contributed by atoms with Crippen LogP contribution in [-0.4, -0.2) is 35.5 Å². The molecule has 2 N–H and O–H groups in total. The van der Waals surface area contributed by atoms with Crippen LogP contribution in [0.2, 0.25) is 0 Å². The maximum absolute atomic E-state index is 12.5. The number of methoxy groups -OCH3 is 1. The number of hydrogen-bond acceptors (Lipinski definition) is 7. The Kier molecular flexibility index (Phi) is 5.51. The van der Waals surface area contributed by atoms with Gasteiger partial charge in [0, 0.05) is 4.88 Å². The first-order valence-electron chi connectivity index (χ1n) is 8.15.